The molecule has 3 rings (SSSR count). The van der Waals surface area contributed by atoms with Crippen molar-refractivity contribution < 1.29 is 14.0 Å². The van der Waals surface area contributed by atoms with E-state index in [9.17, 15) is 9.50 Å². The van der Waals surface area contributed by atoms with Crippen LogP contribution in [0.15, 0.2) is 28.8 Å². The first-order valence-corrected chi connectivity index (χ1v) is 8.14. The van der Waals surface area contributed by atoms with Gasteiger partial charge in [-0.2, -0.15) is 0 Å². The second kappa shape index (κ2) is 6.81. The third-order valence-corrected chi connectivity index (χ3v) is 4.79. The Morgan fingerprint density at radius 2 is 2.09 bits per heavy atom. The number of nitrogens with zero attached hydrogens (tertiary/aromatic N) is 2. The van der Waals surface area contributed by atoms with Gasteiger partial charge >= 0.3 is 0 Å². The van der Waals surface area contributed by atoms with Crippen LogP contribution in [0, 0.1) is 19.7 Å². The Morgan fingerprint density at radius 1 is 1.35 bits per heavy atom. The number of aliphatic hydroxyl groups is 1. The molecule has 1 aliphatic heterocycles. The van der Waals surface area contributed by atoms with Gasteiger partial charge in [-0.15, -0.1) is 0 Å². The zero-order valence-electron chi connectivity index (χ0n) is 13.6. The molecule has 1 N–H and O–H groups in total. The van der Waals surface area contributed by atoms with E-state index in [0.717, 1.165) is 48.5 Å². The lowest BCUT2D eigenvalue weighted by Gasteiger charge is -2.26. The van der Waals surface area contributed by atoms with E-state index in [1.807, 2.05) is 13.8 Å². The number of aliphatic hydroxyl groups excluding tert-OH is 1. The molecule has 2 heterocycles. The van der Waals surface area contributed by atoms with Gasteiger partial charge in [-0.25, -0.2) is 4.39 Å². The van der Waals surface area contributed by atoms with Crippen molar-refractivity contribution in [2.45, 2.75) is 51.8 Å². The maximum Gasteiger partial charge on any atom is 0.138 e. The van der Waals surface area contributed by atoms with Crippen molar-refractivity contribution in [2.75, 3.05) is 6.54 Å². The zero-order valence-corrected chi connectivity index (χ0v) is 13.6. The molecule has 1 aromatic carbocycles. The SMILES string of the molecule is Cc1noc(C)c1CN1CCCC1CC(O)c1ccc(F)cc1. The Labute approximate surface area is 135 Å². The van der Waals surface area contributed by atoms with Crippen LogP contribution >= 0.6 is 0 Å². The number of rotatable bonds is 5. The van der Waals surface area contributed by atoms with Gasteiger partial charge in [0.05, 0.1) is 11.8 Å². The van der Waals surface area contributed by atoms with Gasteiger partial charge in [-0.05, 0) is 57.4 Å². The summed E-state index contributed by atoms with van der Waals surface area (Å²) in [6, 6.07) is 6.44. The third kappa shape index (κ3) is 3.62. The lowest BCUT2D eigenvalue weighted by atomic mass is 10.00. The summed E-state index contributed by atoms with van der Waals surface area (Å²) in [7, 11) is 0. The number of likely N-dealkylation sites (tertiary alicyclic amines) is 1. The van der Waals surface area contributed by atoms with Crippen LogP contribution in [-0.2, 0) is 6.54 Å². The van der Waals surface area contributed by atoms with E-state index in [2.05, 4.69) is 10.1 Å². The van der Waals surface area contributed by atoms with E-state index in [-0.39, 0.29) is 5.82 Å². The molecule has 0 amide bonds. The van der Waals surface area contributed by atoms with Crippen molar-refractivity contribution in [3.05, 3.63) is 52.7 Å². The summed E-state index contributed by atoms with van der Waals surface area (Å²) in [5.74, 6) is 0.592. The van der Waals surface area contributed by atoms with E-state index in [1.54, 1.807) is 12.1 Å². The van der Waals surface area contributed by atoms with Crippen molar-refractivity contribution >= 4 is 0 Å². The number of halogens is 1. The highest BCUT2D eigenvalue weighted by molar-refractivity contribution is 5.21. The van der Waals surface area contributed by atoms with Gasteiger partial charge < -0.3 is 9.63 Å². The van der Waals surface area contributed by atoms with Crippen molar-refractivity contribution in [1.29, 1.82) is 0 Å². The first kappa shape index (κ1) is 16.1. The van der Waals surface area contributed by atoms with Gasteiger partial charge in [0.25, 0.3) is 0 Å². The molecule has 1 fully saturated rings. The van der Waals surface area contributed by atoms with Crippen LogP contribution in [0.2, 0.25) is 0 Å². The molecule has 5 heteroatoms. The number of aryl methyl sites for hydroxylation is 2. The molecule has 0 aliphatic carbocycles. The summed E-state index contributed by atoms with van der Waals surface area (Å²) >= 11 is 0. The smallest absolute Gasteiger partial charge is 0.138 e. The van der Waals surface area contributed by atoms with Crippen LogP contribution in [0.4, 0.5) is 4.39 Å². The number of aromatic nitrogens is 1. The largest absolute Gasteiger partial charge is 0.388 e. The second-order valence-electron chi connectivity index (χ2n) is 6.37. The highest BCUT2D eigenvalue weighted by atomic mass is 19.1. The Hall–Kier alpha value is -1.72. The summed E-state index contributed by atoms with van der Waals surface area (Å²) in [6.45, 7) is 5.73. The van der Waals surface area contributed by atoms with E-state index < -0.39 is 6.10 Å². The molecular formula is C18H23FN2O2. The Kier molecular flexibility index (Phi) is 4.78. The number of benzene rings is 1. The van der Waals surface area contributed by atoms with E-state index in [1.165, 1.54) is 12.1 Å². The summed E-state index contributed by atoms with van der Waals surface area (Å²) < 4.78 is 18.2. The molecule has 0 saturated carbocycles. The first-order valence-electron chi connectivity index (χ1n) is 8.14. The lowest BCUT2D eigenvalue weighted by Crippen LogP contribution is -2.30. The minimum absolute atomic E-state index is 0.276. The summed E-state index contributed by atoms with van der Waals surface area (Å²) in [6.07, 6.45) is 2.30. The maximum absolute atomic E-state index is 13.0. The van der Waals surface area contributed by atoms with Crippen LogP contribution in [0.25, 0.3) is 0 Å². The van der Waals surface area contributed by atoms with Crippen LogP contribution in [0.3, 0.4) is 0 Å². The fourth-order valence-corrected chi connectivity index (χ4v) is 3.38. The van der Waals surface area contributed by atoms with Gasteiger partial charge in [-0.1, -0.05) is 17.3 Å². The minimum Gasteiger partial charge on any atom is -0.388 e. The molecule has 0 bridgehead atoms. The number of hydrogen-bond acceptors (Lipinski definition) is 4. The van der Waals surface area contributed by atoms with Gasteiger partial charge in [0.2, 0.25) is 0 Å². The van der Waals surface area contributed by atoms with Crippen LogP contribution < -0.4 is 0 Å². The van der Waals surface area contributed by atoms with E-state index >= 15 is 0 Å². The average molecular weight is 318 g/mol. The van der Waals surface area contributed by atoms with Crippen molar-refractivity contribution in [3.63, 3.8) is 0 Å². The topological polar surface area (TPSA) is 49.5 Å². The highest BCUT2D eigenvalue weighted by Crippen LogP contribution is 2.29. The quantitative estimate of drug-likeness (QED) is 0.916. The van der Waals surface area contributed by atoms with Gasteiger partial charge in [0, 0.05) is 18.2 Å². The maximum atomic E-state index is 13.0. The van der Waals surface area contributed by atoms with Crippen molar-refractivity contribution in [3.8, 4) is 0 Å². The molecule has 1 aromatic heterocycles. The molecule has 0 spiro atoms. The van der Waals surface area contributed by atoms with Gasteiger partial charge in [0.1, 0.15) is 11.6 Å². The summed E-state index contributed by atoms with van der Waals surface area (Å²) in [4.78, 5) is 2.39. The normalized spacial score (nSPS) is 20.1. The molecule has 23 heavy (non-hydrogen) atoms. The molecule has 1 aliphatic rings. The van der Waals surface area contributed by atoms with Gasteiger partial charge in [0.15, 0.2) is 0 Å². The Balaban J connectivity index is 1.66. The minimum atomic E-state index is -0.564. The molecule has 124 valence electrons. The molecular weight excluding hydrogens is 295 g/mol. The fraction of sp³-hybridized carbons (Fsp3) is 0.500. The third-order valence-electron chi connectivity index (χ3n) is 4.79. The summed E-state index contributed by atoms with van der Waals surface area (Å²) in [5.41, 5.74) is 2.86. The summed E-state index contributed by atoms with van der Waals surface area (Å²) in [5, 5.41) is 14.5. The van der Waals surface area contributed by atoms with Crippen molar-refractivity contribution in [2.24, 2.45) is 0 Å². The van der Waals surface area contributed by atoms with E-state index in [4.69, 9.17) is 4.52 Å². The molecule has 4 nitrogen and oxygen atoms in total. The number of hydrogen-bond donors (Lipinski definition) is 1. The Bertz CT molecular complexity index is 634. The van der Waals surface area contributed by atoms with Crippen LogP contribution in [-0.4, -0.2) is 27.7 Å². The predicted molar refractivity (Wildman–Crippen MR) is 85.4 cm³/mol. The van der Waals surface area contributed by atoms with Crippen molar-refractivity contribution in [1.82, 2.24) is 10.1 Å². The lowest BCUT2D eigenvalue weighted by molar-refractivity contribution is 0.117. The standard InChI is InChI=1S/C18H23FN2O2/c1-12-17(13(2)23-20-12)11-21-9-3-4-16(21)10-18(22)14-5-7-15(19)8-6-14/h5-8,16,18,22H,3-4,9-11H2,1-2H3. The molecule has 0 radical (unpaired) electrons. The second-order valence-corrected chi connectivity index (χ2v) is 6.37. The van der Waals surface area contributed by atoms with E-state index in [0.29, 0.717) is 12.5 Å². The Morgan fingerprint density at radius 3 is 2.74 bits per heavy atom. The molecule has 2 atom stereocenters. The molecule has 1 saturated heterocycles. The molecule has 2 aromatic rings. The predicted octanol–water partition coefficient (Wildman–Crippen LogP) is 3.52. The highest BCUT2D eigenvalue weighted by Gasteiger charge is 2.28. The molecule has 2 unspecified atom stereocenters. The van der Waals surface area contributed by atoms with Crippen LogP contribution in [0.5, 0.6) is 0 Å². The van der Waals surface area contributed by atoms with Crippen LogP contribution in [0.1, 0.15) is 47.9 Å². The monoisotopic (exact) mass is 318 g/mol. The van der Waals surface area contributed by atoms with Gasteiger partial charge in [-0.3, -0.25) is 4.90 Å². The average Bonchev–Trinajstić information content (AvgIpc) is 3.09. The fourth-order valence-electron chi connectivity index (χ4n) is 3.38. The zero-order chi connectivity index (χ0) is 16.4. The first-order chi connectivity index (χ1) is 11.0.